The van der Waals surface area contributed by atoms with Gasteiger partial charge in [0.05, 0.1) is 80.7 Å². The van der Waals surface area contributed by atoms with Crippen molar-refractivity contribution in [3.8, 4) is 11.5 Å². The van der Waals surface area contributed by atoms with Crippen LogP contribution in [-0.4, -0.2) is 114 Å². The van der Waals surface area contributed by atoms with Crippen molar-refractivity contribution in [2.75, 3.05) is 89.3 Å². The number of methoxy groups -OCH3 is 1. The number of hydrogen-bond donors (Lipinski definition) is 2. The molecule has 1 fully saturated rings. The van der Waals surface area contributed by atoms with E-state index in [0.29, 0.717) is 74.4 Å². The van der Waals surface area contributed by atoms with Crippen LogP contribution in [0.15, 0.2) is 36.4 Å². The molecule has 0 aromatic heterocycles. The average molecular weight is 755 g/mol. The first-order chi connectivity index (χ1) is 26.8. The maximum Gasteiger partial charge on any atom is 0.336 e. The van der Waals surface area contributed by atoms with Crippen molar-refractivity contribution in [2.24, 2.45) is 0 Å². The van der Waals surface area contributed by atoms with Gasteiger partial charge in [-0.2, -0.15) is 0 Å². The summed E-state index contributed by atoms with van der Waals surface area (Å²) in [6, 6.07) is 10.4. The van der Waals surface area contributed by atoms with Crippen LogP contribution in [0.3, 0.4) is 0 Å². The molecule has 1 atom stereocenters. The standard InChI is InChI=1S/C42H47N3O10/c1-51-15-16-53-19-20-54-18-17-52-14-10-37(46)45-25-28-6-3-13-44(28)35-24-36-32(23-34(35)45)38(31-22-27(41(47)48)8-9-29(31)42(49)50)33-21-26-5-2-11-43-12-4-7-30(39(26)43)40(33)55-36/h8-9,21-24,28H,2-7,10-20,25H2,1H3,(H-,47,48,49,50)/p+1. The summed E-state index contributed by atoms with van der Waals surface area (Å²) in [5.74, 6) is -1.11. The Morgan fingerprint density at radius 2 is 1.58 bits per heavy atom. The Morgan fingerprint density at radius 3 is 2.33 bits per heavy atom. The summed E-state index contributed by atoms with van der Waals surface area (Å²) in [6.45, 7) is 6.28. The molecule has 13 heteroatoms. The Bertz CT molecular complexity index is 2150. The molecule has 0 saturated carbocycles. The first-order valence-electron chi connectivity index (χ1n) is 19.4. The summed E-state index contributed by atoms with van der Waals surface area (Å²) in [5, 5.41) is 22.5. The van der Waals surface area contributed by atoms with Gasteiger partial charge in [0.1, 0.15) is 24.6 Å². The van der Waals surface area contributed by atoms with Crippen LogP contribution in [-0.2, 0) is 36.6 Å². The summed E-state index contributed by atoms with van der Waals surface area (Å²) in [5.41, 5.74) is 5.44. The number of fused-ring (bicyclic) bond motifs is 6. The van der Waals surface area contributed by atoms with Gasteiger partial charge in [-0.15, -0.1) is 0 Å². The minimum absolute atomic E-state index is 0.00296. The van der Waals surface area contributed by atoms with Gasteiger partial charge in [-0.05, 0) is 61.6 Å². The fourth-order valence-corrected chi connectivity index (χ4v) is 8.90. The molecule has 1 saturated heterocycles. The lowest BCUT2D eigenvalue weighted by atomic mass is 9.85. The fourth-order valence-electron chi connectivity index (χ4n) is 8.90. The van der Waals surface area contributed by atoms with Gasteiger partial charge in [-0.1, -0.05) is 0 Å². The summed E-state index contributed by atoms with van der Waals surface area (Å²) in [6.07, 6.45) is 5.82. The molecule has 2 N–H and O–H groups in total. The molecule has 5 heterocycles. The second-order valence-corrected chi connectivity index (χ2v) is 14.7. The molecule has 13 nitrogen and oxygen atoms in total. The van der Waals surface area contributed by atoms with Gasteiger partial charge >= 0.3 is 11.9 Å². The van der Waals surface area contributed by atoms with Crippen LogP contribution in [0.1, 0.15) is 75.1 Å². The second kappa shape index (κ2) is 16.1. The number of benzene rings is 3. The van der Waals surface area contributed by atoms with Gasteiger partial charge in [0.2, 0.25) is 11.3 Å². The molecule has 0 bridgehead atoms. The Morgan fingerprint density at radius 1 is 0.836 bits per heavy atom. The monoisotopic (exact) mass is 754 g/mol. The largest absolute Gasteiger partial charge is 0.478 e. The number of carboxylic acid groups (broad SMARTS) is 2. The summed E-state index contributed by atoms with van der Waals surface area (Å²) >= 11 is 0. The van der Waals surface area contributed by atoms with Crippen LogP contribution in [0.4, 0.5) is 11.4 Å². The smallest absolute Gasteiger partial charge is 0.336 e. The van der Waals surface area contributed by atoms with E-state index in [-0.39, 0.29) is 36.1 Å². The van der Waals surface area contributed by atoms with E-state index in [1.807, 2.05) is 17.0 Å². The molecule has 0 aliphatic carbocycles. The Labute approximate surface area is 319 Å². The van der Waals surface area contributed by atoms with Gasteiger partial charge < -0.3 is 43.7 Å². The molecule has 5 aliphatic heterocycles. The van der Waals surface area contributed by atoms with Gasteiger partial charge in [0.25, 0.3) is 0 Å². The zero-order valence-corrected chi connectivity index (χ0v) is 31.3. The molecular formula is C42H48N3O10+. The van der Waals surface area contributed by atoms with E-state index in [0.717, 1.165) is 80.3 Å². The molecule has 1 unspecified atom stereocenters. The summed E-state index contributed by atoms with van der Waals surface area (Å²) in [7, 11) is 1.63. The molecule has 290 valence electrons. The van der Waals surface area contributed by atoms with Crippen LogP contribution < -0.4 is 29.7 Å². The Balaban J connectivity index is 1.18. The van der Waals surface area contributed by atoms with E-state index in [4.69, 9.17) is 23.7 Å². The Hall–Kier alpha value is -4.82. The summed E-state index contributed by atoms with van der Waals surface area (Å²) < 4.78 is 31.1. The van der Waals surface area contributed by atoms with Crippen LogP contribution in [0.5, 0.6) is 11.5 Å². The lowest BCUT2D eigenvalue weighted by Gasteiger charge is -2.41. The summed E-state index contributed by atoms with van der Waals surface area (Å²) in [4.78, 5) is 43.4. The SMILES string of the molecule is COCCOCCOCCOCCC(=O)N1CC2CCCN2c2cc3c(cc21)C(c1cc(C(=O)O)ccc1C(=O)O)=c1cc2c4c(c1O3)CCC[N+]=4CCC2. The van der Waals surface area contributed by atoms with E-state index in [1.165, 1.54) is 29.1 Å². The van der Waals surface area contributed by atoms with E-state index in [2.05, 4.69) is 15.5 Å². The number of aryl methyl sites for hydroxylation is 1. The fraction of sp³-hybridized carbons (Fsp3) is 0.476. The first kappa shape index (κ1) is 37.1. The van der Waals surface area contributed by atoms with Crippen molar-refractivity contribution >= 4 is 34.8 Å². The van der Waals surface area contributed by atoms with Crippen LogP contribution in [0.25, 0.3) is 5.57 Å². The van der Waals surface area contributed by atoms with E-state index in [1.54, 1.807) is 7.11 Å². The lowest BCUT2D eigenvalue weighted by molar-refractivity contribution is -0.120. The number of ether oxygens (including phenoxy) is 5. The lowest BCUT2D eigenvalue weighted by Crippen LogP contribution is -2.48. The topological polar surface area (TPSA) is 147 Å². The van der Waals surface area contributed by atoms with E-state index in [9.17, 15) is 24.6 Å². The van der Waals surface area contributed by atoms with Gasteiger partial charge in [-0.25, -0.2) is 14.2 Å². The highest BCUT2D eigenvalue weighted by atomic mass is 16.6. The van der Waals surface area contributed by atoms with Crippen molar-refractivity contribution in [3.63, 3.8) is 0 Å². The third-order valence-corrected chi connectivity index (χ3v) is 11.4. The molecule has 8 rings (SSSR count). The predicted molar refractivity (Wildman–Crippen MR) is 203 cm³/mol. The third kappa shape index (κ3) is 7.21. The highest BCUT2D eigenvalue weighted by molar-refractivity contribution is 6.04. The number of carbonyl (C=O) groups excluding carboxylic acids is 1. The van der Waals surface area contributed by atoms with Crippen molar-refractivity contribution in [3.05, 3.63) is 80.4 Å². The molecule has 3 aromatic carbocycles. The predicted octanol–water partition coefficient (Wildman–Crippen LogP) is 3.22. The molecule has 55 heavy (non-hydrogen) atoms. The van der Waals surface area contributed by atoms with E-state index >= 15 is 0 Å². The zero-order valence-electron chi connectivity index (χ0n) is 31.3. The quantitative estimate of drug-likeness (QED) is 0.136. The highest BCUT2D eigenvalue weighted by Gasteiger charge is 2.39. The highest BCUT2D eigenvalue weighted by Crippen LogP contribution is 2.48. The molecule has 5 aliphatic rings. The first-order valence-corrected chi connectivity index (χ1v) is 19.4. The van der Waals surface area contributed by atoms with Gasteiger partial charge in [0, 0.05) is 67.1 Å². The minimum atomic E-state index is -1.16. The number of hydrogen-bond acceptors (Lipinski definition) is 9. The van der Waals surface area contributed by atoms with Crippen LogP contribution in [0, 0.1) is 0 Å². The molecule has 0 spiro atoms. The minimum Gasteiger partial charge on any atom is -0.478 e. The molecular weight excluding hydrogens is 706 g/mol. The number of aromatic carboxylic acids is 2. The number of carbonyl (C=O) groups is 3. The van der Waals surface area contributed by atoms with Gasteiger partial charge in [0.15, 0.2) is 0 Å². The number of rotatable bonds is 15. The maximum atomic E-state index is 14.1. The number of anilines is 2. The average Bonchev–Trinajstić information content (AvgIpc) is 3.67. The van der Waals surface area contributed by atoms with E-state index < -0.39 is 11.9 Å². The number of nitrogens with zero attached hydrogens (tertiary/aromatic N) is 3. The Kier molecular flexibility index (Phi) is 10.9. The second-order valence-electron chi connectivity index (χ2n) is 14.7. The van der Waals surface area contributed by atoms with Crippen molar-refractivity contribution in [1.29, 1.82) is 0 Å². The van der Waals surface area contributed by atoms with Crippen molar-refractivity contribution in [2.45, 2.75) is 51.0 Å². The normalized spacial score (nSPS) is 17.9. The zero-order chi connectivity index (χ0) is 38.1. The molecule has 0 radical (unpaired) electrons. The third-order valence-electron chi connectivity index (χ3n) is 11.4. The molecule has 1 amide bonds. The van der Waals surface area contributed by atoms with Crippen molar-refractivity contribution < 1.29 is 48.3 Å². The maximum absolute atomic E-state index is 14.1. The number of amides is 1. The van der Waals surface area contributed by atoms with Crippen LogP contribution >= 0.6 is 0 Å². The number of carboxylic acids is 2. The van der Waals surface area contributed by atoms with Gasteiger partial charge in [-0.3, -0.25) is 4.79 Å². The van der Waals surface area contributed by atoms with Crippen LogP contribution in [0.2, 0.25) is 0 Å². The molecule has 3 aromatic rings. The van der Waals surface area contributed by atoms with Crippen molar-refractivity contribution in [1.82, 2.24) is 4.58 Å².